The summed E-state index contributed by atoms with van der Waals surface area (Å²) in [5.41, 5.74) is 5.49. The van der Waals surface area contributed by atoms with E-state index in [0.29, 0.717) is 5.88 Å². The number of nitrogens with zero attached hydrogens (tertiary/aromatic N) is 3. The highest BCUT2D eigenvalue weighted by Gasteiger charge is 2.12. The lowest BCUT2D eigenvalue weighted by Gasteiger charge is -2.18. The number of benzene rings is 2. The smallest absolute Gasteiger partial charge is 0.213 e. The van der Waals surface area contributed by atoms with Crippen LogP contribution in [0.3, 0.4) is 0 Å². The van der Waals surface area contributed by atoms with Gasteiger partial charge in [-0.05, 0) is 55.7 Å². The molecule has 0 saturated heterocycles. The normalized spacial score (nSPS) is 12.0. The van der Waals surface area contributed by atoms with Crippen molar-refractivity contribution in [1.29, 1.82) is 0 Å². The minimum Gasteiger partial charge on any atom is -0.481 e. The largest absolute Gasteiger partial charge is 0.481 e. The minimum absolute atomic E-state index is 0.122. The molecule has 2 heterocycles. The van der Waals surface area contributed by atoms with Crippen LogP contribution in [0.2, 0.25) is 0 Å². The van der Waals surface area contributed by atoms with Gasteiger partial charge in [-0.1, -0.05) is 35.9 Å². The van der Waals surface area contributed by atoms with Crippen molar-refractivity contribution in [3.63, 3.8) is 0 Å². The summed E-state index contributed by atoms with van der Waals surface area (Å²) in [5, 5.41) is 4.57. The Labute approximate surface area is 170 Å². The molecular formula is C24H24N4O. The van der Waals surface area contributed by atoms with Gasteiger partial charge in [0.1, 0.15) is 11.6 Å². The summed E-state index contributed by atoms with van der Waals surface area (Å²) in [6.45, 7) is 6.18. The molecule has 0 aliphatic heterocycles. The van der Waals surface area contributed by atoms with Crippen LogP contribution in [-0.4, -0.2) is 22.1 Å². The number of hydrogen-bond donors (Lipinski definition) is 1. The second-order valence-electron chi connectivity index (χ2n) is 7.22. The molecule has 4 aromatic rings. The van der Waals surface area contributed by atoms with Crippen LogP contribution in [0.1, 0.15) is 29.9 Å². The quantitative estimate of drug-likeness (QED) is 0.493. The first kappa shape index (κ1) is 18.9. The SMILES string of the molecule is COc1cc(-c2ccc3nc(C)nc(N[C@H](C)c4cccc(C)c4)c3c2)ccn1. The van der Waals surface area contributed by atoms with E-state index in [1.807, 2.05) is 25.1 Å². The first-order valence-electron chi connectivity index (χ1n) is 9.65. The monoisotopic (exact) mass is 384 g/mol. The number of nitrogens with one attached hydrogen (secondary N) is 1. The third-order valence-electron chi connectivity index (χ3n) is 4.98. The van der Waals surface area contributed by atoms with Crippen molar-refractivity contribution in [1.82, 2.24) is 15.0 Å². The zero-order chi connectivity index (χ0) is 20.4. The highest BCUT2D eigenvalue weighted by Crippen LogP contribution is 2.30. The molecule has 5 heteroatoms. The Morgan fingerprint density at radius 3 is 2.55 bits per heavy atom. The lowest BCUT2D eigenvalue weighted by molar-refractivity contribution is 0.398. The van der Waals surface area contributed by atoms with E-state index >= 15 is 0 Å². The summed E-state index contributed by atoms with van der Waals surface area (Å²) in [6.07, 6.45) is 1.75. The molecule has 1 atom stereocenters. The molecule has 0 amide bonds. The number of hydrogen-bond acceptors (Lipinski definition) is 5. The molecule has 0 fully saturated rings. The first-order valence-corrected chi connectivity index (χ1v) is 9.65. The Hall–Kier alpha value is -3.47. The molecule has 0 spiro atoms. The van der Waals surface area contributed by atoms with Crippen molar-refractivity contribution >= 4 is 16.7 Å². The van der Waals surface area contributed by atoms with Gasteiger partial charge >= 0.3 is 0 Å². The number of anilines is 1. The van der Waals surface area contributed by atoms with Crippen LogP contribution < -0.4 is 10.1 Å². The van der Waals surface area contributed by atoms with E-state index in [1.165, 1.54) is 11.1 Å². The third-order valence-corrected chi connectivity index (χ3v) is 4.98. The van der Waals surface area contributed by atoms with Crippen molar-refractivity contribution in [3.8, 4) is 17.0 Å². The number of pyridine rings is 1. The van der Waals surface area contributed by atoms with E-state index in [1.54, 1.807) is 13.3 Å². The van der Waals surface area contributed by atoms with Gasteiger partial charge < -0.3 is 10.1 Å². The van der Waals surface area contributed by atoms with Gasteiger partial charge in [0.2, 0.25) is 5.88 Å². The molecule has 5 nitrogen and oxygen atoms in total. The van der Waals surface area contributed by atoms with Gasteiger partial charge in [-0.2, -0.15) is 0 Å². The predicted octanol–water partition coefficient (Wildman–Crippen LogP) is 5.49. The van der Waals surface area contributed by atoms with Gasteiger partial charge in [-0.15, -0.1) is 0 Å². The zero-order valence-electron chi connectivity index (χ0n) is 17.1. The second-order valence-corrected chi connectivity index (χ2v) is 7.22. The van der Waals surface area contributed by atoms with Crippen LogP contribution in [0.15, 0.2) is 60.8 Å². The lowest BCUT2D eigenvalue weighted by Crippen LogP contribution is -2.09. The van der Waals surface area contributed by atoms with Gasteiger partial charge in [0.05, 0.1) is 12.6 Å². The van der Waals surface area contributed by atoms with E-state index in [-0.39, 0.29) is 6.04 Å². The predicted molar refractivity (Wildman–Crippen MR) is 117 cm³/mol. The highest BCUT2D eigenvalue weighted by molar-refractivity contribution is 5.92. The summed E-state index contributed by atoms with van der Waals surface area (Å²) >= 11 is 0. The fourth-order valence-corrected chi connectivity index (χ4v) is 3.46. The molecule has 1 N–H and O–H groups in total. The summed E-state index contributed by atoms with van der Waals surface area (Å²) in [4.78, 5) is 13.5. The van der Waals surface area contributed by atoms with Crippen molar-refractivity contribution in [2.45, 2.75) is 26.8 Å². The molecule has 2 aromatic carbocycles. The van der Waals surface area contributed by atoms with Gasteiger partial charge in [-0.3, -0.25) is 0 Å². The molecule has 0 unspecified atom stereocenters. The lowest BCUT2D eigenvalue weighted by atomic mass is 10.0. The fourth-order valence-electron chi connectivity index (χ4n) is 3.46. The molecule has 0 bridgehead atoms. The number of aryl methyl sites for hydroxylation is 2. The first-order chi connectivity index (χ1) is 14.0. The van der Waals surface area contributed by atoms with Crippen LogP contribution in [-0.2, 0) is 0 Å². The molecule has 146 valence electrons. The van der Waals surface area contributed by atoms with E-state index in [2.05, 4.69) is 65.5 Å². The molecule has 0 saturated carbocycles. The number of aromatic nitrogens is 3. The number of fused-ring (bicyclic) bond motifs is 1. The van der Waals surface area contributed by atoms with E-state index in [9.17, 15) is 0 Å². The summed E-state index contributed by atoms with van der Waals surface area (Å²) < 4.78 is 5.27. The van der Waals surface area contributed by atoms with Gasteiger partial charge in [0.25, 0.3) is 0 Å². The summed E-state index contributed by atoms with van der Waals surface area (Å²) in [6, 6.07) is 18.8. The van der Waals surface area contributed by atoms with Crippen LogP contribution in [0, 0.1) is 13.8 Å². The van der Waals surface area contributed by atoms with Gasteiger partial charge in [-0.25, -0.2) is 15.0 Å². The zero-order valence-corrected chi connectivity index (χ0v) is 17.1. The Bertz CT molecular complexity index is 1170. The Kier molecular flexibility index (Phi) is 5.12. The molecular weight excluding hydrogens is 360 g/mol. The molecule has 29 heavy (non-hydrogen) atoms. The maximum absolute atomic E-state index is 5.27. The molecule has 0 radical (unpaired) electrons. The average Bonchev–Trinajstić information content (AvgIpc) is 2.73. The van der Waals surface area contributed by atoms with Crippen molar-refractivity contribution in [2.75, 3.05) is 12.4 Å². The van der Waals surface area contributed by atoms with E-state index in [0.717, 1.165) is 33.7 Å². The Morgan fingerprint density at radius 2 is 1.76 bits per heavy atom. The Balaban J connectivity index is 1.76. The maximum atomic E-state index is 5.27. The Morgan fingerprint density at radius 1 is 0.931 bits per heavy atom. The van der Waals surface area contributed by atoms with Gasteiger partial charge in [0.15, 0.2) is 0 Å². The topological polar surface area (TPSA) is 59.9 Å². The minimum atomic E-state index is 0.122. The van der Waals surface area contributed by atoms with E-state index < -0.39 is 0 Å². The fraction of sp³-hybridized carbons (Fsp3) is 0.208. The van der Waals surface area contributed by atoms with Crippen molar-refractivity contribution in [2.24, 2.45) is 0 Å². The van der Waals surface area contributed by atoms with Crippen LogP contribution in [0.5, 0.6) is 5.88 Å². The van der Waals surface area contributed by atoms with Gasteiger partial charge in [0, 0.05) is 23.7 Å². The van der Waals surface area contributed by atoms with Crippen LogP contribution >= 0.6 is 0 Å². The average molecular weight is 384 g/mol. The summed E-state index contributed by atoms with van der Waals surface area (Å²) in [7, 11) is 1.62. The number of methoxy groups -OCH3 is 1. The molecule has 0 aliphatic rings. The number of rotatable bonds is 5. The maximum Gasteiger partial charge on any atom is 0.213 e. The van der Waals surface area contributed by atoms with E-state index in [4.69, 9.17) is 9.72 Å². The van der Waals surface area contributed by atoms with Crippen LogP contribution in [0.25, 0.3) is 22.0 Å². The highest BCUT2D eigenvalue weighted by atomic mass is 16.5. The molecule has 2 aromatic heterocycles. The second kappa shape index (κ2) is 7.87. The standard InChI is InChI=1S/C24H24N4O/c1-15-6-5-7-18(12-15)16(2)26-24-21-13-19(8-9-22(21)27-17(3)28-24)20-10-11-25-23(14-20)29-4/h5-14,16H,1-4H3,(H,26,27,28)/t16-/m1/s1. The molecule has 0 aliphatic carbocycles. The van der Waals surface area contributed by atoms with Crippen molar-refractivity contribution in [3.05, 3.63) is 77.7 Å². The number of ether oxygens (including phenoxy) is 1. The molecule has 4 rings (SSSR count). The van der Waals surface area contributed by atoms with Crippen molar-refractivity contribution < 1.29 is 4.74 Å². The third kappa shape index (κ3) is 4.04. The van der Waals surface area contributed by atoms with Crippen LogP contribution in [0.4, 0.5) is 5.82 Å². The summed E-state index contributed by atoms with van der Waals surface area (Å²) in [5.74, 6) is 2.17.